The van der Waals surface area contributed by atoms with Gasteiger partial charge < -0.3 is 14.8 Å². The van der Waals surface area contributed by atoms with Crippen molar-refractivity contribution in [3.05, 3.63) is 12.2 Å². The summed E-state index contributed by atoms with van der Waals surface area (Å²) in [5, 5.41) is 2.36. The van der Waals surface area contributed by atoms with Crippen LogP contribution in [0.4, 0.5) is 0 Å². The van der Waals surface area contributed by atoms with E-state index in [-0.39, 0.29) is 19.6 Å². The maximum atomic E-state index is 12.1. The summed E-state index contributed by atoms with van der Waals surface area (Å²) in [6.07, 6.45) is 3.26. The summed E-state index contributed by atoms with van der Waals surface area (Å²) in [5.41, 5.74) is -1.82. The van der Waals surface area contributed by atoms with Crippen molar-refractivity contribution >= 4 is 17.8 Å². The normalized spacial score (nSPS) is 11.2. The van der Waals surface area contributed by atoms with Crippen molar-refractivity contribution in [3.8, 4) is 0 Å². The van der Waals surface area contributed by atoms with Crippen LogP contribution >= 0.6 is 0 Å². The fourth-order valence-corrected chi connectivity index (χ4v) is 1.51. The predicted octanol–water partition coefficient (Wildman–Crippen LogP) is 0.954. The van der Waals surface area contributed by atoms with Crippen LogP contribution in [-0.2, 0) is 23.9 Å². The molecule has 0 fully saturated rings. The van der Waals surface area contributed by atoms with E-state index in [1.54, 1.807) is 32.9 Å². The third kappa shape index (κ3) is 4.73. The van der Waals surface area contributed by atoms with E-state index in [1.165, 1.54) is 6.92 Å². The molecule has 0 aromatic heterocycles. The standard InChI is InChI=1S/C13H21NO5/c1-5-8-9-13(14-10(4)15,11(16)18-6-2)12(17)19-7-3/h5,8H,6-7,9H2,1-4H3,(H,14,15). The minimum Gasteiger partial charge on any atom is -0.464 e. The second kappa shape index (κ2) is 8.29. The Bertz CT molecular complexity index is 344. The van der Waals surface area contributed by atoms with Gasteiger partial charge in [-0.2, -0.15) is 0 Å². The van der Waals surface area contributed by atoms with Crippen LogP contribution in [-0.4, -0.2) is 36.6 Å². The zero-order chi connectivity index (χ0) is 14.9. The molecular weight excluding hydrogens is 250 g/mol. The number of rotatable bonds is 7. The summed E-state index contributed by atoms with van der Waals surface area (Å²) in [6, 6.07) is 0. The van der Waals surface area contributed by atoms with Crippen molar-refractivity contribution in [2.75, 3.05) is 13.2 Å². The van der Waals surface area contributed by atoms with Crippen molar-refractivity contribution in [1.82, 2.24) is 5.32 Å². The molecule has 0 saturated heterocycles. The highest BCUT2D eigenvalue weighted by molar-refractivity contribution is 6.07. The minimum atomic E-state index is -1.82. The molecule has 0 spiro atoms. The lowest BCUT2D eigenvalue weighted by molar-refractivity contribution is -0.167. The van der Waals surface area contributed by atoms with Gasteiger partial charge in [0.1, 0.15) is 0 Å². The van der Waals surface area contributed by atoms with Gasteiger partial charge in [-0.15, -0.1) is 0 Å². The van der Waals surface area contributed by atoms with Gasteiger partial charge in [0.05, 0.1) is 13.2 Å². The van der Waals surface area contributed by atoms with E-state index in [0.29, 0.717) is 0 Å². The molecular formula is C13H21NO5. The van der Waals surface area contributed by atoms with Gasteiger partial charge in [0, 0.05) is 13.3 Å². The van der Waals surface area contributed by atoms with Crippen molar-refractivity contribution in [2.45, 2.75) is 39.7 Å². The Hall–Kier alpha value is -1.85. The number of carbonyl (C=O) groups is 3. The first-order chi connectivity index (χ1) is 8.94. The topological polar surface area (TPSA) is 81.7 Å². The molecule has 0 aliphatic rings. The van der Waals surface area contributed by atoms with Gasteiger partial charge in [-0.3, -0.25) is 4.79 Å². The lowest BCUT2D eigenvalue weighted by Crippen LogP contribution is -2.60. The number of esters is 2. The molecule has 0 atom stereocenters. The first kappa shape index (κ1) is 17.2. The number of nitrogens with one attached hydrogen (secondary N) is 1. The van der Waals surface area contributed by atoms with E-state index in [9.17, 15) is 14.4 Å². The lowest BCUT2D eigenvalue weighted by atomic mass is 9.94. The molecule has 0 radical (unpaired) electrons. The van der Waals surface area contributed by atoms with Crippen LogP contribution in [0.2, 0.25) is 0 Å². The second-order valence-corrected chi connectivity index (χ2v) is 3.80. The highest BCUT2D eigenvalue weighted by Gasteiger charge is 2.49. The van der Waals surface area contributed by atoms with E-state index >= 15 is 0 Å². The molecule has 0 bridgehead atoms. The highest BCUT2D eigenvalue weighted by atomic mass is 16.6. The third-order valence-corrected chi connectivity index (χ3v) is 2.30. The quantitative estimate of drug-likeness (QED) is 0.423. The molecule has 6 nitrogen and oxygen atoms in total. The molecule has 0 unspecified atom stereocenters. The zero-order valence-electron chi connectivity index (χ0n) is 11.8. The van der Waals surface area contributed by atoms with E-state index in [0.717, 1.165) is 0 Å². The van der Waals surface area contributed by atoms with Crippen molar-refractivity contribution in [1.29, 1.82) is 0 Å². The second-order valence-electron chi connectivity index (χ2n) is 3.80. The fraction of sp³-hybridized carbons (Fsp3) is 0.615. The fourth-order valence-electron chi connectivity index (χ4n) is 1.51. The Morgan fingerprint density at radius 3 is 1.89 bits per heavy atom. The number of amides is 1. The maximum Gasteiger partial charge on any atom is 0.344 e. The van der Waals surface area contributed by atoms with E-state index in [4.69, 9.17) is 9.47 Å². The lowest BCUT2D eigenvalue weighted by Gasteiger charge is -2.28. The molecule has 0 aromatic rings. The van der Waals surface area contributed by atoms with E-state index in [1.807, 2.05) is 0 Å². The average Bonchev–Trinajstić information content (AvgIpc) is 2.34. The Balaban J connectivity index is 5.47. The maximum absolute atomic E-state index is 12.1. The molecule has 6 heteroatoms. The van der Waals surface area contributed by atoms with Gasteiger partial charge in [-0.25, -0.2) is 9.59 Å². The largest absolute Gasteiger partial charge is 0.464 e. The Labute approximate surface area is 113 Å². The summed E-state index contributed by atoms with van der Waals surface area (Å²) in [5.74, 6) is -2.14. The first-order valence-electron chi connectivity index (χ1n) is 6.18. The van der Waals surface area contributed by atoms with Crippen LogP contribution in [0.3, 0.4) is 0 Å². The van der Waals surface area contributed by atoms with E-state index in [2.05, 4.69) is 5.32 Å². The summed E-state index contributed by atoms with van der Waals surface area (Å²) in [7, 11) is 0. The smallest absolute Gasteiger partial charge is 0.344 e. The average molecular weight is 271 g/mol. The molecule has 0 aromatic carbocycles. The summed E-state index contributed by atoms with van der Waals surface area (Å²) >= 11 is 0. The minimum absolute atomic E-state index is 0.0131. The van der Waals surface area contributed by atoms with Crippen LogP contribution < -0.4 is 5.32 Å². The van der Waals surface area contributed by atoms with E-state index < -0.39 is 23.4 Å². The predicted molar refractivity (Wildman–Crippen MR) is 69.2 cm³/mol. The van der Waals surface area contributed by atoms with Crippen LogP contribution in [0.25, 0.3) is 0 Å². The van der Waals surface area contributed by atoms with Gasteiger partial charge in [-0.1, -0.05) is 12.2 Å². The molecule has 0 rings (SSSR count). The van der Waals surface area contributed by atoms with Crippen LogP contribution in [0.1, 0.15) is 34.1 Å². The molecule has 0 aliphatic heterocycles. The Morgan fingerprint density at radius 1 is 1.11 bits per heavy atom. The van der Waals surface area contributed by atoms with Crippen LogP contribution in [0, 0.1) is 0 Å². The van der Waals surface area contributed by atoms with Gasteiger partial charge in [0.15, 0.2) is 0 Å². The molecule has 0 heterocycles. The number of hydrogen-bond acceptors (Lipinski definition) is 5. The summed E-state index contributed by atoms with van der Waals surface area (Å²) in [4.78, 5) is 35.4. The van der Waals surface area contributed by atoms with Gasteiger partial charge in [0.2, 0.25) is 11.4 Å². The Morgan fingerprint density at radius 2 is 1.58 bits per heavy atom. The van der Waals surface area contributed by atoms with Crippen molar-refractivity contribution < 1.29 is 23.9 Å². The first-order valence-corrected chi connectivity index (χ1v) is 6.18. The molecule has 108 valence electrons. The number of carbonyl (C=O) groups excluding carboxylic acids is 3. The number of allylic oxidation sites excluding steroid dienone is 1. The molecule has 1 amide bonds. The molecule has 0 saturated carbocycles. The van der Waals surface area contributed by atoms with Crippen LogP contribution in [0.5, 0.6) is 0 Å². The molecule has 0 aliphatic carbocycles. The SMILES string of the molecule is CC=CCC(NC(C)=O)(C(=O)OCC)C(=O)OCC. The van der Waals surface area contributed by atoms with Gasteiger partial charge >= 0.3 is 11.9 Å². The zero-order valence-corrected chi connectivity index (χ0v) is 11.8. The van der Waals surface area contributed by atoms with Crippen LogP contribution in [0.15, 0.2) is 12.2 Å². The molecule has 19 heavy (non-hydrogen) atoms. The summed E-state index contributed by atoms with van der Waals surface area (Å²) < 4.78 is 9.77. The van der Waals surface area contributed by atoms with Crippen molar-refractivity contribution in [2.24, 2.45) is 0 Å². The van der Waals surface area contributed by atoms with Gasteiger partial charge in [-0.05, 0) is 20.8 Å². The summed E-state index contributed by atoms with van der Waals surface area (Å²) in [6.45, 7) is 6.43. The number of hydrogen-bond donors (Lipinski definition) is 1. The third-order valence-electron chi connectivity index (χ3n) is 2.30. The Kier molecular flexibility index (Phi) is 7.48. The van der Waals surface area contributed by atoms with Gasteiger partial charge in [0.25, 0.3) is 0 Å². The highest BCUT2D eigenvalue weighted by Crippen LogP contribution is 2.17. The van der Waals surface area contributed by atoms with Crippen molar-refractivity contribution in [3.63, 3.8) is 0 Å². The monoisotopic (exact) mass is 271 g/mol. The molecule has 1 N–H and O–H groups in total. The number of ether oxygens (including phenoxy) is 2.